The first-order valence-electron chi connectivity index (χ1n) is 9.15. The van der Waals surface area contributed by atoms with E-state index in [0.29, 0.717) is 37.4 Å². The van der Waals surface area contributed by atoms with Crippen molar-refractivity contribution in [1.82, 2.24) is 9.80 Å². The Bertz CT molecular complexity index is 846. The minimum atomic E-state index is -0.372. The average Bonchev–Trinajstić information content (AvgIpc) is 2.72. The molecule has 7 heteroatoms. The van der Waals surface area contributed by atoms with E-state index in [9.17, 15) is 14.4 Å². The molecule has 1 heterocycles. The van der Waals surface area contributed by atoms with Crippen LogP contribution in [-0.4, -0.2) is 53.9 Å². The van der Waals surface area contributed by atoms with Crippen molar-refractivity contribution in [3.05, 3.63) is 65.7 Å². The van der Waals surface area contributed by atoms with Gasteiger partial charge in [0.05, 0.1) is 0 Å². The van der Waals surface area contributed by atoms with Crippen LogP contribution in [0.2, 0.25) is 0 Å². The molecule has 1 aliphatic heterocycles. The normalized spacial score (nSPS) is 13.8. The molecule has 1 N–H and O–H groups in total. The Hall–Kier alpha value is -3.35. The maximum absolute atomic E-state index is 12.7. The number of anilines is 1. The molecular weight excluding hydrogens is 358 g/mol. The molecule has 0 aromatic heterocycles. The summed E-state index contributed by atoms with van der Waals surface area (Å²) in [4.78, 5) is 39.4. The topological polar surface area (TPSA) is 79.0 Å². The zero-order valence-corrected chi connectivity index (χ0v) is 15.8. The van der Waals surface area contributed by atoms with E-state index < -0.39 is 0 Å². The predicted molar refractivity (Wildman–Crippen MR) is 105 cm³/mol. The fraction of sp³-hybridized carbons (Fsp3) is 0.286. The van der Waals surface area contributed by atoms with Crippen LogP contribution in [0.4, 0.5) is 10.5 Å². The van der Waals surface area contributed by atoms with Gasteiger partial charge in [0.2, 0.25) is 5.91 Å². The number of nitrogens with zero attached hydrogens (tertiary/aromatic N) is 2. The Morgan fingerprint density at radius 2 is 1.61 bits per heavy atom. The lowest BCUT2D eigenvalue weighted by molar-refractivity contribution is -0.114. The van der Waals surface area contributed by atoms with Gasteiger partial charge in [-0.1, -0.05) is 36.4 Å². The molecule has 2 aromatic carbocycles. The average molecular weight is 381 g/mol. The summed E-state index contributed by atoms with van der Waals surface area (Å²) < 4.78 is 5.34. The van der Waals surface area contributed by atoms with Crippen LogP contribution >= 0.6 is 0 Å². The Morgan fingerprint density at radius 3 is 2.29 bits per heavy atom. The molecule has 28 heavy (non-hydrogen) atoms. The van der Waals surface area contributed by atoms with Gasteiger partial charge in [-0.2, -0.15) is 0 Å². The molecule has 0 radical (unpaired) electrons. The van der Waals surface area contributed by atoms with Gasteiger partial charge in [-0.3, -0.25) is 9.59 Å². The highest BCUT2D eigenvalue weighted by Crippen LogP contribution is 2.15. The first kappa shape index (κ1) is 19.4. The lowest BCUT2D eigenvalue weighted by Crippen LogP contribution is -2.50. The summed E-state index contributed by atoms with van der Waals surface area (Å²) in [6.07, 6.45) is -0.372. The summed E-state index contributed by atoms with van der Waals surface area (Å²) in [6.45, 7) is 3.36. The maximum Gasteiger partial charge on any atom is 0.410 e. The van der Waals surface area contributed by atoms with Crippen LogP contribution in [-0.2, 0) is 16.1 Å². The summed E-state index contributed by atoms with van der Waals surface area (Å²) in [6, 6.07) is 16.3. The molecule has 0 aliphatic carbocycles. The number of amides is 3. The monoisotopic (exact) mass is 381 g/mol. The Labute approximate surface area is 163 Å². The van der Waals surface area contributed by atoms with E-state index in [1.165, 1.54) is 6.92 Å². The molecule has 3 rings (SSSR count). The van der Waals surface area contributed by atoms with Gasteiger partial charge < -0.3 is 19.9 Å². The first-order chi connectivity index (χ1) is 13.5. The van der Waals surface area contributed by atoms with Crippen LogP contribution in [0.5, 0.6) is 0 Å². The lowest BCUT2D eigenvalue weighted by Gasteiger charge is -2.34. The zero-order chi connectivity index (χ0) is 19.9. The fourth-order valence-corrected chi connectivity index (χ4v) is 3.02. The highest BCUT2D eigenvalue weighted by molar-refractivity contribution is 5.97. The van der Waals surface area contributed by atoms with Gasteiger partial charge in [0.25, 0.3) is 5.91 Å². The third kappa shape index (κ3) is 5.09. The van der Waals surface area contributed by atoms with Crippen molar-refractivity contribution in [3.8, 4) is 0 Å². The third-order valence-corrected chi connectivity index (χ3v) is 4.46. The van der Waals surface area contributed by atoms with Crippen LogP contribution in [0.3, 0.4) is 0 Å². The maximum atomic E-state index is 12.7. The van der Waals surface area contributed by atoms with E-state index in [4.69, 9.17) is 4.74 Å². The number of rotatable bonds is 4. The fourth-order valence-electron chi connectivity index (χ4n) is 3.02. The number of ether oxygens (including phenoxy) is 1. The standard InChI is InChI=1S/C21H23N3O4/c1-16(25)22-19-9-5-8-18(14-19)20(26)23-10-12-24(13-11-23)21(27)28-15-17-6-3-2-4-7-17/h2-9,14H,10-13,15H2,1H3,(H,22,25). The number of nitrogens with one attached hydrogen (secondary N) is 1. The highest BCUT2D eigenvalue weighted by Gasteiger charge is 2.25. The molecule has 0 bridgehead atoms. The number of hydrogen-bond donors (Lipinski definition) is 1. The molecule has 7 nitrogen and oxygen atoms in total. The van der Waals surface area contributed by atoms with Crippen molar-refractivity contribution in [2.75, 3.05) is 31.5 Å². The SMILES string of the molecule is CC(=O)Nc1cccc(C(=O)N2CCN(C(=O)OCc3ccccc3)CC2)c1. The minimum Gasteiger partial charge on any atom is -0.445 e. The smallest absolute Gasteiger partial charge is 0.410 e. The van der Waals surface area contributed by atoms with E-state index >= 15 is 0 Å². The van der Waals surface area contributed by atoms with Gasteiger partial charge in [-0.05, 0) is 23.8 Å². The van der Waals surface area contributed by atoms with Crippen molar-refractivity contribution in [1.29, 1.82) is 0 Å². The summed E-state index contributed by atoms with van der Waals surface area (Å²) in [7, 11) is 0. The first-order valence-corrected chi connectivity index (χ1v) is 9.15. The summed E-state index contributed by atoms with van der Waals surface area (Å²) in [5, 5.41) is 2.67. The molecule has 0 unspecified atom stereocenters. The van der Waals surface area contributed by atoms with Crippen LogP contribution in [0.1, 0.15) is 22.8 Å². The third-order valence-electron chi connectivity index (χ3n) is 4.46. The minimum absolute atomic E-state index is 0.121. The largest absolute Gasteiger partial charge is 0.445 e. The zero-order valence-electron chi connectivity index (χ0n) is 15.8. The number of hydrogen-bond acceptors (Lipinski definition) is 4. The van der Waals surface area contributed by atoms with Gasteiger partial charge in [0, 0.05) is 44.4 Å². The summed E-state index contributed by atoms with van der Waals surface area (Å²) in [5.41, 5.74) is 2.02. The van der Waals surface area contributed by atoms with E-state index in [2.05, 4.69) is 5.32 Å². The quantitative estimate of drug-likeness (QED) is 0.883. The highest BCUT2D eigenvalue weighted by atomic mass is 16.6. The van der Waals surface area contributed by atoms with Gasteiger partial charge in [-0.25, -0.2) is 4.79 Å². The Morgan fingerprint density at radius 1 is 0.929 bits per heavy atom. The van der Waals surface area contributed by atoms with Gasteiger partial charge >= 0.3 is 6.09 Å². The molecule has 146 valence electrons. The van der Waals surface area contributed by atoms with Crippen molar-refractivity contribution < 1.29 is 19.1 Å². The van der Waals surface area contributed by atoms with Crippen molar-refractivity contribution in [2.24, 2.45) is 0 Å². The predicted octanol–water partition coefficient (Wildman–Crippen LogP) is 2.74. The van der Waals surface area contributed by atoms with Crippen LogP contribution in [0.15, 0.2) is 54.6 Å². The summed E-state index contributed by atoms with van der Waals surface area (Å²) in [5.74, 6) is -0.309. The van der Waals surface area contributed by atoms with E-state index in [0.717, 1.165) is 5.56 Å². The molecular formula is C21H23N3O4. The van der Waals surface area contributed by atoms with Gasteiger partial charge in [0.1, 0.15) is 6.61 Å². The molecule has 3 amide bonds. The van der Waals surface area contributed by atoms with Crippen LogP contribution in [0, 0.1) is 0 Å². The lowest BCUT2D eigenvalue weighted by atomic mass is 10.1. The van der Waals surface area contributed by atoms with Gasteiger partial charge in [0.15, 0.2) is 0 Å². The second kappa shape index (κ2) is 9.03. The number of piperazine rings is 1. The molecule has 1 saturated heterocycles. The Balaban J connectivity index is 1.51. The molecule has 0 saturated carbocycles. The van der Waals surface area contributed by atoms with Crippen molar-refractivity contribution >= 4 is 23.6 Å². The van der Waals surface area contributed by atoms with E-state index in [1.54, 1.807) is 34.1 Å². The second-order valence-electron chi connectivity index (χ2n) is 6.58. The van der Waals surface area contributed by atoms with E-state index in [-0.39, 0.29) is 24.5 Å². The number of carbonyl (C=O) groups is 3. The molecule has 2 aromatic rings. The molecule has 0 atom stereocenters. The van der Waals surface area contributed by atoms with E-state index in [1.807, 2.05) is 30.3 Å². The second-order valence-corrected chi connectivity index (χ2v) is 6.58. The molecule has 1 aliphatic rings. The number of carbonyl (C=O) groups excluding carboxylic acids is 3. The van der Waals surface area contributed by atoms with Crippen LogP contribution < -0.4 is 5.32 Å². The summed E-state index contributed by atoms with van der Waals surface area (Å²) >= 11 is 0. The number of benzene rings is 2. The van der Waals surface area contributed by atoms with Gasteiger partial charge in [-0.15, -0.1) is 0 Å². The van der Waals surface area contributed by atoms with Crippen molar-refractivity contribution in [3.63, 3.8) is 0 Å². The van der Waals surface area contributed by atoms with Crippen molar-refractivity contribution in [2.45, 2.75) is 13.5 Å². The molecule has 0 spiro atoms. The van der Waals surface area contributed by atoms with Crippen LogP contribution in [0.25, 0.3) is 0 Å². The Kier molecular flexibility index (Phi) is 6.26. The molecule has 1 fully saturated rings.